The van der Waals surface area contributed by atoms with Gasteiger partial charge in [-0.25, -0.2) is 14.6 Å². The SMILES string of the molecule is O=C(NCCc1nccs1)Nc1cc(Br)ccc1C(=O)O. The molecule has 0 saturated carbocycles. The second kappa shape index (κ2) is 7.19. The lowest BCUT2D eigenvalue weighted by atomic mass is 10.2. The van der Waals surface area contributed by atoms with Crippen molar-refractivity contribution >= 4 is 45.0 Å². The first-order chi connectivity index (χ1) is 10.1. The van der Waals surface area contributed by atoms with Crippen LogP contribution in [0, 0.1) is 0 Å². The summed E-state index contributed by atoms with van der Waals surface area (Å²) >= 11 is 4.76. The highest BCUT2D eigenvalue weighted by molar-refractivity contribution is 9.10. The van der Waals surface area contributed by atoms with Crippen molar-refractivity contribution in [3.63, 3.8) is 0 Å². The third-order valence-corrected chi connectivity index (χ3v) is 3.90. The Morgan fingerprint density at radius 1 is 1.38 bits per heavy atom. The highest BCUT2D eigenvalue weighted by Crippen LogP contribution is 2.21. The summed E-state index contributed by atoms with van der Waals surface area (Å²) in [6, 6.07) is 4.13. The van der Waals surface area contributed by atoms with E-state index in [2.05, 4.69) is 31.5 Å². The number of nitrogens with one attached hydrogen (secondary N) is 2. The number of benzene rings is 1. The molecule has 0 unspecified atom stereocenters. The Kier molecular flexibility index (Phi) is 5.29. The van der Waals surface area contributed by atoms with E-state index in [-0.39, 0.29) is 11.3 Å². The zero-order valence-corrected chi connectivity index (χ0v) is 13.2. The minimum atomic E-state index is -1.10. The van der Waals surface area contributed by atoms with Crippen molar-refractivity contribution in [3.05, 3.63) is 44.8 Å². The number of thiazole rings is 1. The lowest BCUT2D eigenvalue weighted by Gasteiger charge is -2.10. The molecule has 1 aromatic carbocycles. The second-order valence-electron chi connectivity index (χ2n) is 4.05. The van der Waals surface area contributed by atoms with Crippen molar-refractivity contribution in [2.75, 3.05) is 11.9 Å². The molecule has 0 aliphatic carbocycles. The molecular formula is C13H12BrN3O3S. The van der Waals surface area contributed by atoms with Crippen molar-refractivity contribution < 1.29 is 14.7 Å². The average Bonchev–Trinajstić information content (AvgIpc) is 2.91. The molecule has 2 amide bonds. The van der Waals surface area contributed by atoms with Crippen LogP contribution >= 0.6 is 27.3 Å². The summed E-state index contributed by atoms with van der Waals surface area (Å²) in [6.45, 7) is 0.426. The van der Waals surface area contributed by atoms with Gasteiger partial charge in [0.25, 0.3) is 0 Å². The van der Waals surface area contributed by atoms with Crippen LogP contribution in [-0.2, 0) is 6.42 Å². The lowest BCUT2D eigenvalue weighted by molar-refractivity contribution is 0.0698. The number of amides is 2. The third-order valence-electron chi connectivity index (χ3n) is 2.57. The molecule has 0 saturated heterocycles. The number of urea groups is 1. The van der Waals surface area contributed by atoms with Gasteiger partial charge in [-0.3, -0.25) is 0 Å². The normalized spacial score (nSPS) is 10.1. The van der Waals surface area contributed by atoms with Gasteiger partial charge in [-0.15, -0.1) is 11.3 Å². The maximum Gasteiger partial charge on any atom is 0.337 e. The van der Waals surface area contributed by atoms with Crippen molar-refractivity contribution in [2.24, 2.45) is 0 Å². The largest absolute Gasteiger partial charge is 0.478 e. The van der Waals surface area contributed by atoms with E-state index in [4.69, 9.17) is 5.11 Å². The molecule has 8 heteroatoms. The van der Waals surface area contributed by atoms with Gasteiger partial charge in [0.15, 0.2) is 0 Å². The molecule has 2 aromatic rings. The summed E-state index contributed by atoms with van der Waals surface area (Å²) in [5.41, 5.74) is 0.275. The van der Waals surface area contributed by atoms with Gasteiger partial charge in [0, 0.05) is 29.0 Å². The van der Waals surface area contributed by atoms with Crippen LogP contribution in [-0.4, -0.2) is 28.6 Å². The summed E-state index contributed by atoms with van der Waals surface area (Å²) in [7, 11) is 0. The molecule has 0 atom stereocenters. The van der Waals surface area contributed by atoms with Crippen LogP contribution < -0.4 is 10.6 Å². The van der Waals surface area contributed by atoms with Gasteiger partial charge in [0.1, 0.15) is 0 Å². The Balaban J connectivity index is 1.93. The van der Waals surface area contributed by atoms with Crippen LogP contribution in [0.25, 0.3) is 0 Å². The second-order valence-corrected chi connectivity index (χ2v) is 5.95. The molecule has 1 aromatic heterocycles. The van der Waals surface area contributed by atoms with E-state index >= 15 is 0 Å². The fourth-order valence-corrected chi connectivity index (χ4v) is 2.61. The Bertz CT molecular complexity index is 646. The van der Waals surface area contributed by atoms with E-state index < -0.39 is 12.0 Å². The smallest absolute Gasteiger partial charge is 0.337 e. The van der Waals surface area contributed by atoms with E-state index in [9.17, 15) is 9.59 Å². The first-order valence-electron chi connectivity index (χ1n) is 6.02. The van der Waals surface area contributed by atoms with Crippen LogP contribution in [0.5, 0.6) is 0 Å². The van der Waals surface area contributed by atoms with E-state index in [0.717, 1.165) is 5.01 Å². The molecule has 0 radical (unpaired) electrons. The molecule has 110 valence electrons. The Labute approximate surface area is 133 Å². The van der Waals surface area contributed by atoms with Gasteiger partial charge in [-0.1, -0.05) is 15.9 Å². The third kappa shape index (κ3) is 4.54. The first-order valence-corrected chi connectivity index (χ1v) is 7.69. The molecule has 0 aliphatic heterocycles. The molecular weight excluding hydrogens is 358 g/mol. The summed E-state index contributed by atoms with van der Waals surface area (Å²) in [5, 5.41) is 17.1. The van der Waals surface area contributed by atoms with Gasteiger partial charge in [-0.2, -0.15) is 0 Å². The fourth-order valence-electron chi connectivity index (χ4n) is 1.63. The lowest BCUT2D eigenvalue weighted by Crippen LogP contribution is -2.31. The molecule has 0 spiro atoms. The van der Waals surface area contributed by atoms with Crippen LogP contribution in [0.4, 0.5) is 10.5 Å². The number of rotatable bonds is 5. The van der Waals surface area contributed by atoms with Gasteiger partial charge in [0.2, 0.25) is 0 Å². The monoisotopic (exact) mass is 369 g/mol. The topological polar surface area (TPSA) is 91.3 Å². The van der Waals surface area contributed by atoms with Crippen LogP contribution in [0.3, 0.4) is 0 Å². The summed E-state index contributed by atoms with van der Waals surface area (Å²) < 4.78 is 0.686. The van der Waals surface area contributed by atoms with Crippen LogP contribution in [0.2, 0.25) is 0 Å². The zero-order chi connectivity index (χ0) is 15.2. The Morgan fingerprint density at radius 2 is 2.19 bits per heavy atom. The number of nitrogens with zero attached hydrogens (tertiary/aromatic N) is 1. The van der Waals surface area contributed by atoms with Gasteiger partial charge >= 0.3 is 12.0 Å². The highest BCUT2D eigenvalue weighted by atomic mass is 79.9. The number of anilines is 1. The Morgan fingerprint density at radius 3 is 2.86 bits per heavy atom. The highest BCUT2D eigenvalue weighted by Gasteiger charge is 2.12. The zero-order valence-electron chi connectivity index (χ0n) is 10.8. The maximum atomic E-state index is 11.8. The number of aromatic nitrogens is 1. The minimum Gasteiger partial charge on any atom is -0.478 e. The van der Waals surface area contributed by atoms with Gasteiger partial charge in [0.05, 0.1) is 16.3 Å². The number of hydrogen-bond donors (Lipinski definition) is 3. The quantitative estimate of drug-likeness (QED) is 0.755. The van der Waals surface area contributed by atoms with E-state index in [1.807, 2.05) is 5.38 Å². The summed E-state index contributed by atoms with van der Waals surface area (Å²) in [4.78, 5) is 27.0. The predicted octanol–water partition coefficient (Wildman–Crippen LogP) is 2.97. The van der Waals surface area contributed by atoms with Crippen LogP contribution in [0.1, 0.15) is 15.4 Å². The molecule has 21 heavy (non-hydrogen) atoms. The fraction of sp³-hybridized carbons (Fsp3) is 0.154. The van der Waals surface area contributed by atoms with Crippen molar-refractivity contribution in [2.45, 2.75) is 6.42 Å². The van der Waals surface area contributed by atoms with Crippen molar-refractivity contribution in [3.8, 4) is 0 Å². The van der Waals surface area contributed by atoms with Crippen LogP contribution in [0.15, 0.2) is 34.2 Å². The molecule has 1 heterocycles. The number of aromatic carboxylic acids is 1. The number of halogens is 1. The maximum absolute atomic E-state index is 11.8. The predicted molar refractivity (Wildman–Crippen MR) is 83.9 cm³/mol. The van der Waals surface area contributed by atoms with Gasteiger partial charge < -0.3 is 15.7 Å². The molecule has 6 nitrogen and oxygen atoms in total. The molecule has 0 bridgehead atoms. The van der Waals surface area contributed by atoms with Gasteiger partial charge in [-0.05, 0) is 18.2 Å². The number of carboxylic acid groups (broad SMARTS) is 1. The molecule has 3 N–H and O–H groups in total. The molecule has 0 aliphatic rings. The van der Waals surface area contributed by atoms with Crippen molar-refractivity contribution in [1.29, 1.82) is 0 Å². The molecule has 2 rings (SSSR count). The number of carbonyl (C=O) groups is 2. The number of carboxylic acids is 1. The number of hydrogen-bond acceptors (Lipinski definition) is 4. The first kappa shape index (κ1) is 15.5. The minimum absolute atomic E-state index is 0.0354. The summed E-state index contributed by atoms with van der Waals surface area (Å²) in [6.07, 6.45) is 2.34. The van der Waals surface area contributed by atoms with E-state index in [1.165, 1.54) is 17.4 Å². The standard InChI is InChI=1S/C13H12BrN3O3S/c14-8-1-2-9(12(18)19)10(7-8)17-13(20)16-4-3-11-15-5-6-21-11/h1-2,5-7H,3-4H2,(H,18,19)(H2,16,17,20). The van der Waals surface area contributed by atoms with Crippen molar-refractivity contribution in [1.82, 2.24) is 10.3 Å². The Hall–Kier alpha value is -1.93. The summed E-state index contributed by atoms with van der Waals surface area (Å²) in [5.74, 6) is -1.10. The molecule has 0 fully saturated rings. The number of carbonyl (C=O) groups excluding carboxylic acids is 1. The average molecular weight is 370 g/mol. The van der Waals surface area contributed by atoms with E-state index in [1.54, 1.807) is 18.3 Å². The van der Waals surface area contributed by atoms with E-state index in [0.29, 0.717) is 17.4 Å².